The van der Waals surface area contributed by atoms with Crippen molar-refractivity contribution in [1.82, 2.24) is 9.97 Å². The minimum absolute atomic E-state index is 0.283. The molecule has 0 spiro atoms. The van der Waals surface area contributed by atoms with Gasteiger partial charge in [-0.25, -0.2) is 14.4 Å². The minimum atomic E-state index is -0.283. The summed E-state index contributed by atoms with van der Waals surface area (Å²) < 4.78 is 18.8. The van der Waals surface area contributed by atoms with Gasteiger partial charge in [-0.1, -0.05) is 23.9 Å². The van der Waals surface area contributed by atoms with E-state index in [1.807, 2.05) is 0 Å². The Balaban J connectivity index is 2.37. The highest BCUT2D eigenvalue weighted by Crippen LogP contribution is 2.37. The van der Waals surface area contributed by atoms with E-state index in [0.717, 1.165) is 0 Å². The summed E-state index contributed by atoms with van der Waals surface area (Å²) in [6.07, 6.45) is 1.41. The van der Waals surface area contributed by atoms with E-state index in [1.165, 1.54) is 31.3 Å². The van der Waals surface area contributed by atoms with Gasteiger partial charge in [0.1, 0.15) is 17.2 Å². The molecule has 0 saturated carbocycles. The summed E-state index contributed by atoms with van der Waals surface area (Å²) in [4.78, 5) is 8.65. The molecule has 6 heteroatoms. The molecular formula is C12H12FN3OS. The highest BCUT2D eigenvalue weighted by atomic mass is 32.2. The molecule has 0 radical (unpaired) electrons. The van der Waals surface area contributed by atoms with Gasteiger partial charge < -0.3 is 10.1 Å². The molecule has 94 valence electrons. The third-order valence-corrected chi connectivity index (χ3v) is 3.29. The first-order valence-corrected chi connectivity index (χ1v) is 6.07. The van der Waals surface area contributed by atoms with E-state index in [0.29, 0.717) is 21.5 Å². The van der Waals surface area contributed by atoms with Crippen LogP contribution in [0.1, 0.15) is 0 Å². The summed E-state index contributed by atoms with van der Waals surface area (Å²) in [5, 5.41) is 3.48. The van der Waals surface area contributed by atoms with Gasteiger partial charge in [0.15, 0.2) is 11.6 Å². The van der Waals surface area contributed by atoms with Crippen LogP contribution in [0.15, 0.2) is 40.5 Å². The van der Waals surface area contributed by atoms with Gasteiger partial charge in [-0.2, -0.15) is 0 Å². The molecule has 18 heavy (non-hydrogen) atoms. The second-order valence-corrected chi connectivity index (χ2v) is 4.37. The minimum Gasteiger partial charge on any atom is -0.490 e. The van der Waals surface area contributed by atoms with E-state index < -0.39 is 0 Å². The number of halogens is 1. The van der Waals surface area contributed by atoms with Crippen LogP contribution in [0.5, 0.6) is 5.75 Å². The fourth-order valence-corrected chi connectivity index (χ4v) is 2.32. The van der Waals surface area contributed by atoms with Crippen molar-refractivity contribution >= 4 is 17.6 Å². The Morgan fingerprint density at radius 2 is 2.06 bits per heavy atom. The van der Waals surface area contributed by atoms with Gasteiger partial charge in [0, 0.05) is 11.9 Å². The number of benzene rings is 1. The molecule has 1 heterocycles. The number of anilines is 1. The number of aromatic nitrogens is 2. The Labute approximate surface area is 109 Å². The van der Waals surface area contributed by atoms with Gasteiger partial charge in [0.25, 0.3) is 0 Å². The standard InChI is InChI=1S/C12H12FN3OS/c1-14-11-10(17-2)12(16-7-15-11)18-9-6-4-3-5-8(9)13/h3-7H,1-2H3,(H,14,15,16). The number of ether oxygens (including phenoxy) is 1. The normalized spacial score (nSPS) is 10.2. The van der Waals surface area contributed by atoms with Crippen molar-refractivity contribution in [3.05, 3.63) is 36.4 Å². The number of rotatable bonds is 4. The lowest BCUT2D eigenvalue weighted by molar-refractivity contribution is 0.400. The molecule has 0 amide bonds. The number of nitrogens with zero attached hydrogens (tertiary/aromatic N) is 2. The largest absolute Gasteiger partial charge is 0.490 e. The Kier molecular flexibility index (Phi) is 3.99. The number of nitrogens with one attached hydrogen (secondary N) is 1. The molecule has 2 aromatic rings. The van der Waals surface area contributed by atoms with Crippen LogP contribution in [0, 0.1) is 5.82 Å². The Hall–Kier alpha value is -1.82. The summed E-state index contributed by atoms with van der Waals surface area (Å²) in [6.45, 7) is 0. The maximum absolute atomic E-state index is 13.6. The lowest BCUT2D eigenvalue weighted by Crippen LogP contribution is -2.00. The smallest absolute Gasteiger partial charge is 0.194 e. The van der Waals surface area contributed by atoms with Crippen LogP contribution in [0.2, 0.25) is 0 Å². The molecule has 0 atom stereocenters. The van der Waals surface area contributed by atoms with Crippen LogP contribution >= 0.6 is 11.8 Å². The van der Waals surface area contributed by atoms with Crippen LogP contribution in [-0.2, 0) is 0 Å². The van der Waals surface area contributed by atoms with Crippen molar-refractivity contribution in [2.24, 2.45) is 0 Å². The van der Waals surface area contributed by atoms with Crippen LogP contribution in [0.3, 0.4) is 0 Å². The van der Waals surface area contributed by atoms with E-state index in [9.17, 15) is 4.39 Å². The molecule has 0 unspecified atom stereocenters. The highest BCUT2D eigenvalue weighted by molar-refractivity contribution is 7.99. The van der Waals surface area contributed by atoms with Gasteiger partial charge in [-0.3, -0.25) is 0 Å². The quantitative estimate of drug-likeness (QED) is 0.861. The molecule has 1 aromatic carbocycles. The zero-order valence-corrected chi connectivity index (χ0v) is 10.8. The monoisotopic (exact) mass is 265 g/mol. The van der Waals surface area contributed by atoms with Crippen molar-refractivity contribution < 1.29 is 9.13 Å². The number of hydrogen-bond donors (Lipinski definition) is 1. The average molecular weight is 265 g/mol. The van der Waals surface area contributed by atoms with Crippen molar-refractivity contribution in [3.8, 4) is 5.75 Å². The molecular weight excluding hydrogens is 253 g/mol. The van der Waals surface area contributed by atoms with E-state index in [-0.39, 0.29) is 5.82 Å². The van der Waals surface area contributed by atoms with Gasteiger partial charge in [-0.05, 0) is 12.1 Å². The first-order chi connectivity index (χ1) is 8.76. The molecule has 2 rings (SSSR count). The van der Waals surface area contributed by atoms with Gasteiger partial charge in [0.2, 0.25) is 0 Å². The molecule has 0 fully saturated rings. The van der Waals surface area contributed by atoms with E-state index >= 15 is 0 Å². The SMILES string of the molecule is CNc1ncnc(Sc2ccccc2F)c1OC. The molecule has 1 N–H and O–H groups in total. The van der Waals surface area contributed by atoms with Gasteiger partial charge in [-0.15, -0.1) is 0 Å². The molecule has 0 aliphatic rings. The fraction of sp³-hybridized carbons (Fsp3) is 0.167. The predicted molar refractivity (Wildman–Crippen MR) is 68.7 cm³/mol. The summed E-state index contributed by atoms with van der Waals surface area (Å²) in [6, 6.07) is 6.53. The number of methoxy groups -OCH3 is 1. The van der Waals surface area contributed by atoms with Crippen molar-refractivity contribution in [2.45, 2.75) is 9.92 Å². The van der Waals surface area contributed by atoms with Gasteiger partial charge in [0.05, 0.1) is 7.11 Å². The first kappa shape index (κ1) is 12.6. The number of hydrogen-bond acceptors (Lipinski definition) is 5. The van der Waals surface area contributed by atoms with Gasteiger partial charge >= 0.3 is 0 Å². The van der Waals surface area contributed by atoms with Crippen LogP contribution in [-0.4, -0.2) is 24.1 Å². The van der Waals surface area contributed by atoms with E-state index in [4.69, 9.17) is 4.74 Å². The predicted octanol–water partition coefficient (Wildman–Crippen LogP) is 2.82. The molecule has 1 aromatic heterocycles. The molecule has 0 bridgehead atoms. The lowest BCUT2D eigenvalue weighted by Gasteiger charge is -2.10. The average Bonchev–Trinajstić information content (AvgIpc) is 2.41. The van der Waals surface area contributed by atoms with Crippen molar-refractivity contribution in [1.29, 1.82) is 0 Å². The van der Waals surface area contributed by atoms with Crippen molar-refractivity contribution in [2.75, 3.05) is 19.5 Å². The molecule has 0 aliphatic carbocycles. The lowest BCUT2D eigenvalue weighted by atomic mass is 10.3. The third-order valence-electron chi connectivity index (χ3n) is 2.26. The third kappa shape index (κ3) is 2.53. The fourth-order valence-electron chi connectivity index (χ4n) is 1.42. The van der Waals surface area contributed by atoms with Crippen LogP contribution < -0.4 is 10.1 Å². The zero-order valence-electron chi connectivity index (χ0n) is 9.98. The first-order valence-electron chi connectivity index (χ1n) is 5.25. The maximum Gasteiger partial charge on any atom is 0.194 e. The molecule has 0 saturated heterocycles. The van der Waals surface area contributed by atoms with Crippen molar-refractivity contribution in [3.63, 3.8) is 0 Å². The second-order valence-electron chi connectivity index (χ2n) is 3.34. The summed E-state index contributed by atoms with van der Waals surface area (Å²) in [5.74, 6) is 0.800. The van der Waals surface area contributed by atoms with E-state index in [2.05, 4.69) is 15.3 Å². The van der Waals surface area contributed by atoms with Crippen LogP contribution in [0.25, 0.3) is 0 Å². The molecule has 0 aliphatic heterocycles. The summed E-state index contributed by atoms with van der Waals surface area (Å²) >= 11 is 1.20. The summed E-state index contributed by atoms with van der Waals surface area (Å²) in [5.41, 5.74) is 0. The Morgan fingerprint density at radius 1 is 1.28 bits per heavy atom. The highest BCUT2D eigenvalue weighted by Gasteiger charge is 2.13. The van der Waals surface area contributed by atoms with E-state index in [1.54, 1.807) is 25.2 Å². The second kappa shape index (κ2) is 5.68. The zero-order chi connectivity index (χ0) is 13.0. The maximum atomic E-state index is 13.6. The summed E-state index contributed by atoms with van der Waals surface area (Å²) in [7, 11) is 3.27. The Bertz CT molecular complexity index is 551. The molecule has 4 nitrogen and oxygen atoms in total. The topological polar surface area (TPSA) is 47.0 Å². The van der Waals surface area contributed by atoms with Crippen LogP contribution in [0.4, 0.5) is 10.2 Å². The Morgan fingerprint density at radius 3 is 2.72 bits per heavy atom.